The predicted octanol–water partition coefficient (Wildman–Crippen LogP) is -0.470. The van der Waals surface area contributed by atoms with E-state index in [0.29, 0.717) is 0 Å². The van der Waals surface area contributed by atoms with Crippen molar-refractivity contribution in [3.05, 3.63) is 6.61 Å². The van der Waals surface area contributed by atoms with Crippen molar-refractivity contribution in [1.82, 2.24) is 0 Å². The third-order valence-corrected chi connectivity index (χ3v) is 0.428. The van der Waals surface area contributed by atoms with E-state index in [-0.39, 0.29) is 19.8 Å². The maximum absolute atomic E-state index is 8.07. The summed E-state index contributed by atoms with van der Waals surface area (Å²) in [5, 5.41) is 16.0. The van der Waals surface area contributed by atoms with Crippen molar-refractivity contribution >= 4 is 0 Å². The van der Waals surface area contributed by atoms with Gasteiger partial charge >= 0.3 is 0 Å². The maximum Gasteiger partial charge on any atom is 0.105 e. The average Bonchev–Trinajstić information content (AvgIpc) is 1.69. The topological polar surface area (TPSA) is 49.7 Å². The van der Waals surface area contributed by atoms with E-state index in [0.717, 1.165) is 6.61 Å². The number of aliphatic hydroxyl groups is 2. The molecule has 0 amide bonds. The highest BCUT2D eigenvalue weighted by Crippen LogP contribution is 1.72. The fraction of sp³-hybridized carbons (Fsp3) is 0.750. The standard InChI is InChI=1S/C4H9O3/c5-1-3-7-4-2-6/h1,5-6H,2-4H2. The molecule has 3 nitrogen and oxygen atoms in total. The Hall–Kier alpha value is -0.120. The van der Waals surface area contributed by atoms with E-state index in [9.17, 15) is 0 Å². The lowest BCUT2D eigenvalue weighted by Crippen LogP contribution is -2.00. The van der Waals surface area contributed by atoms with Crippen LogP contribution in [-0.4, -0.2) is 30.0 Å². The van der Waals surface area contributed by atoms with Gasteiger partial charge in [0.2, 0.25) is 0 Å². The van der Waals surface area contributed by atoms with E-state index >= 15 is 0 Å². The molecule has 43 valence electrons. The molecule has 0 unspecified atom stereocenters. The molecule has 1 radical (unpaired) electrons. The minimum absolute atomic E-state index is 0.00778. The first-order valence-corrected chi connectivity index (χ1v) is 2.06. The molecule has 0 bridgehead atoms. The first-order valence-electron chi connectivity index (χ1n) is 2.06. The van der Waals surface area contributed by atoms with Gasteiger partial charge in [0.1, 0.15) is 6.61 Å². The fourth-order valence-corrected chi connectivity index (χ4v) is 0.201. The Kier molecular flexibility index (Phi) is 5.78. The monoisotopic (exact) mass is 105 g/mol. The summed E-state index contributed by atoms with van der Waals surface area (Å²) in [6.45, 7) is 1.39. The van der Waals surface area contributed by atoms with E-state index in [1.807, 2.05) is 0 Å². The number of aliphatic hydroxyl groups excluding tert-OH is 2. The van der Waals surface area contributed by atoms with Crippen LogP contribution < -0.4 is 0 Å². The maximum atomic E-state index is 8.07. The molecule has 0 rings (SSSR count). The molecule has 0 atom stereocenters. The Labute approximate surface area is 42.5 Å². The van der Waals surface area contributed by atoms with Gasteiger partial charge in [0, 0.05) is 0 Å². The van der Waals surface area contributed by atoms with E-state index in [4.69, 9.17) is 10.2 Å². The van der Waals surface area contributed by atoms with Crippen molar-refractivity contribution in [3.63, 3.8) is 0 Å². The molecule has 0 aliphatic rings. The molecule has 0 aliphatic carbocycles. The molecule has 0 fully saturated rings. The van der Waals surface area contributed by atoms with Crippen molar-refractivity contribution < 1.29 is 14.9 Å². The second kappa shape index (κ2) is 5.88. The largest absolute Gasteiger partial charge is 0.394 e. The Bertz CT molecular complexity index is 26.1. The zero-order chi connectivity index (χ0) is 5.54. The predicted molar refractivity (Wildman–Crippen MR) is 24.1 cm³/mol. The Morgan fingerprint density at radius 1 is 1.57 bits per heavy atom. The van der Waals surface area contributed by atoms with Gasteiger partial charge in [-0.3, -0.25) is 0 Å². The molecular formula is C4H9O3. The lowest BCUT2D eigenvalue weighted by atomic mass is 10.7. The van der Waals surface area contributed by atoms with Gasteiger partial charge in [-0.25, -0.2) is 0 Å². The average molecular weight is 105 g/mol. The van der Waals surface area contributed by atoms with Gasteiger partial charge in [-0.1, -0.05) is 0 Å². The summed E-state index contributed by atoms with van der Waals surface area (Å²) >= 11 is 0. The number of ether oxygens (including phenoxy) is 1. The van der Waals surface area contributed by atoms with Gasteiger partial charge in [-0.2, -0.15) is 0 Å². The van der Waals surface area contributed by atoms with Crippen LogP contribution in [0.5, 0.6) is 0 Å². The minimum Gasteiger partial charge on any atom is -0.394 e. The molecule has 3 heteroatoms. The summed E-state index contributed by atoms with van der Waals surface area (Å²) in [6.07, 6.45) is 0. The third-order valence-electron chi connectivity index (χ3n) is 0.428. The van der Waals surface area contributed by atoms with Gasteiger partial charge in [-0.05, 0) is 0 Å². The van der Waals surface area contributed by atoms with Crippen LogP contribution in [0.2, 0.25) is 0 Å². The summed E-state index contributed by atoms with van der Waals surface area (Å²) in [7, 11) is 0. The van der Waals surface area contributed by atoms with Gasteiger partial charge in [0.15, 0.2) is 0 Å². The van der Waals surface area contributed by atoms with Crippen LogP contribution in [0.15, 0.2) is 0 Å². The van der Waals surface area contributed by atoms with E-state index in [1.54, 1.807) is 0 Å². The molecule has 0 spiro atoms. The summed E-state index contributed by atoms with van der Waals surface area (Å²) < 4.78 is 4.58. The van der Waals surface area contributed by atoms with Crippen molar-refractivity contribution in [2.75, 3.05) is 19.8 Å². The van der Waals surface area contributed by atoms with Gasteiger partial charge in [0.25, 0.3) is 0 Å². The van der Waals surface area contributed by atoms with Crippen LogP contribution in [0.3, 0.4) is 0 Å². The van der Waals surface area contributed by atoms with Crippen molar-refractivity contribution in [2.24, 2.45) is 0 Å². The zero-order valence-electron chi connectivity index (χ0n) is 4.00. The number of hydrogen-bond acceptors (Lipinski definition) is 3. The van der Waals surface area contributed by atoms with Gasteiger partial charge < -0.3 is 14.9 Å². The van der Waals surface area contributed by atoms with Crippen LogP contribution in [0.25, 0.3) is 0 Å². The lowest BCUT2D eigenvalue weighted by Gasteiger charge is -1.94. The summed E-state index contributed by atoms with van der Waals surface area (Å²) in [5.41, 5.74) is 0. The van der Waals surface area contributed by atoms with E-state index < -0.39 is 0 Å². The van der Waals surface area contributed by atoms with E-state index in [2.05, 4.69) is 4.74 Å². The first-order chi connectivity index (χ1) is 3.41. The third kappa shape index (κ3) is 5.88. The Balaban J connectivity index is 2.45. The summed E-state index contributed by atoms with van der Waals surface area (Å²) in [4.78, 5) is 0. The first kappa shape index (κ1) is 6.88. The van der Waals surface area contributed by atoms with Crippen LogP contribution in [-0.2, 0) is 4.74 Å². The smallest absolute Gasteiger partial charge is 0.105 e. The normalized spacial score (nSPS) is 9.43. The molecule has 7 heavy (non-hydrogen) atoms. The highest BCUT2D eigenvalue weighted by Gasteiger charge is 1.80. The van der Waals surface area contributed by atoms with E-state index in [1.165, 1.54) is 0 Å². The molecule has 2 N–H and O–H groups in total. The molecule has 0 aromatic carbocycles. The minimum atomic E-state index is 0.00778. The molecule has 0 saturated carbocycles. The van der Waals surface area contributed by atoms with Crippen LogP contribution >= 0.6 is 0 Å². The zero-order valence-corrected chi connectivity index (χ0v) is 4.00. The Morgan fingerprint density at radius 2 is 2.29 bits per heavy atom. The van der Waals surface area contributed by atoms with Crippen molar-refractivity contribution in [3.8, 4) is 0 Å². The molecule has 0 aliphatic heterocycles. The molecular weight excluding hydrogens is 96.0 g/mol. The second-order valence-electron chi connectivity index (χ2n) is 0.981. The molecule has 0 aromatic heterocycles. The van der Waals surface area contributed by atoms with Gasteiger partial charge in [0.05, 0.1) is 19.8 Å². The van der Waals surface area contributed by atoms with Crippen LogP contribution in [0.1, 0.15) is 0 Å². The summed E-state index contributed by atoms with van der Waals surface area (Å²) in [5.74, 6) is 0. The SMILES string of the molecule is O[CH]COCCO. The highest BCUT2D eigenvalue weighted by molar-refractivity contribution is 4.38. The van der Waals surface area contributed by atoms with Crippen molar-refractivity contribution in [1.29, 1.82) is 0 Å². The number of rotatable bonds is 4. The molecule has 0 heterocycles. The highest BCUT2D eigenvalue weighted by atomic mass is 16.5. The van der Waals surface area contributed by atoms with Crippen LogP contribution in [0.4, 0.5) is 0 Å². The Morgan fingerprint density at radius 3 is 2.71 bits per heavy atom. The fourth-order valence-electron chi connectivity index (χ4n) is 0.201. The quantitative estimate of drug-likeness (QED) is 0.475. The van der Waals surface area contributed by atoms with Crippen molar-refractivity contribution in [2.45, 2.75) is 0 Å². The molecule has 0 aromatic rings. The second-order valence-corrected chi connectivity index (χ2v) is 0.981. The summed E-state index contributed by atoms with van der Waals surface area (Å²) in [6, 6.07) is 0. The lowest BCUT2D eigenvalue weighted by molar-refractivity contribution is 0.0868. The molecule has 0 saturated heterocycles. The van der Waals surface area contributed by atoms with Gasteiger partial charge in [-0.15, -0.1) is 0 Å². The van der Waals surface area contributed by atoms with Crippen LogP contribution in [0, 0.1) is 6.61 Å². The number of hydrogen-bond donors (Lipinski definition) is 2.